The van der Waals surface area contributed by atoms with Crippen LogP contribution in [0.2, 0.25) is 0 Å². The van der Waals surface area contributed by atoms with Crippen LogP contribution in [0, 0.1) is 0 Å². The number of benzene rings is 1. The quantitative estimate of drug-likeness (QED) is 0.911. The molecule has 1 aromatic rings. The van der Waals surface area contributed by atoms with Gasteiger partial charge < -0.3 is 15.4 Å². The van der Waals surface area contributed by atoms with Crippen LogP contribution in [-0.2, 0) is 22.5 Å². The molecular weight excluding hydrogens is 306 g/mol. The summed E-state index contributed by atoms with van der Waals surface area (Å²) in [5.74, 6) is -0.0573. The molecule has 0 bridgehead atoms. The van der Waals surface area contributed by atoms with Gasteiger partial charge >= 0.3 is 6.09 Å². The highest BCUT2D eigenvalue weighted by atomic mass is 16.6. The van der Waals surface area contributed by atoms with Crippen molar-refractivity contribution < 1.29 is 14.3 Å². The number of hydrogen-bond donors (Lipinski definition) is 1. The summed E-state index contributed by atoms with van der Waals surface area (Å²) in [6.07, 6.45) is 0.426. The van der Waals surface area contributed by atoms with Crippen molar-refractivity contribution in [1.29, 1.82) is 0 Å². The number of carbonyl (C=O) groups excluding carboxylic acids is 2. The SMILES string of the molecule is CC(C)(C)OC(=O)N1CCN(Cc2ccc(CCN)cc2)C(=O)C1. The molecule has 24 heavy (non-hydrogen) atoms. The number of nitrogens with two attached hydrogens (primary N) is 1. The van der Waals surface area contributed by atoms with E-state index < -0.39 is 11.7 Å². The van der Waals surface area contributed by atoms with Crippen LogP contribution < -0.4 is 5.73 Å². The van der Waals surface area contributed by atoms with Crippen molar-refractivity contribution in [3.8, 4) is 0 Å². The van der Waals surface area contributed by atoms with Gasteiger partial charge in [-0.2, -0.15) is 0 Å². The molecule has 0 saturated carbocycles. The second-order valence-corrected chi connectivity index (χ2v) is 7.07. The van der Waals surface area contributed by atoms with Crippen molar-refractivity contribution in [2.24, 2.45) is 5.73 Å². The molecule has 0 aliphatic carbocycles. The molecule has 6 heteroatoms. The van der Waals surface area contributed by atoms with Crippen LogP contribution in [-0.4, -0.2) is 53.6 Å². The lowest BCUT2D eigenvalue weighted by atomic mass is 10.1. The molecule has 1 aliphatic heterocycles. The van der Waals surface area contributed by atoms with E-state index in [9.17, 15) is 9.59 Å². The Morgan fingerprint density at radius 2 is 1.79 bits per heavy atom. The van der Waals surface area contributed by atoms with Gasteiger partial charge in [-0.25, -0.2) is 4.79 Å². The van der Waals surface area contributed by atoms with Crippen molar-refractivity contribution in [1.82, 2.24) is 9.80 Å². The first-order valence-corrected chi connectivity index (χ1v) is 8.32. The number of hydrogen-bond acceptors (Lipinski definition) is 4. The molecule has 0 atom stereocenters. The molecule has 2 amide bonds. The summed E-state index contributed by atoms with van der Waals surface area (Å²) in [5.41, 5.74) is 7.27. The molecule has 1 aromatic carbocycles. The fourth-order valence-electron chi connectivity index (χ4n) is 2.56. The predicted molar refractivity (Wildman–Crippen MR) is 92.4 cm³/mol. The Bertz CT molecular complexity index is 578. The molecule has 1 aliphatic rings. The number of rotatable bonds is 4. The molecule has 0 radical (unpaired) electrons. The standard InChI is InChI=1S/C18H27N3O3/c1-18(2,3)24-17(23)21-11-10-20(16(22)13-21)12-15-6-4-14(5-7-15)8-9-19/h4-7H,8-13,19H2,1-3H3. The minimum absolute atomic E-state index is 0.0573. The maximum absolute atomic E-state index is 12.3. The first-order valence-electron chi connectivity index (χ1n) is 8.32. The molecule has 2 rings (SSSR count). The summed E-state index contributed by atoms with van der Waals surface area (Å²) in [6.45, 7) is 7.72. The van der Waals surface area contributed by atoms with E-state index in [0.717, 1.165) is 12.0 Å². The highest BCUT2D eigenvalue weighted by Crippen LogP contribution is 2.14. The monoisotopic (exact) mass is 333 g/mol. The van der Waals surface area contributed by atoms with Crippen LogP contribution in [0.3, 0.4) is 0 Å². The molecule has 132 valence electrons. The van der Waals surface area contributed by atoms with Crippen molar-refractivity contribution in [2.75, 3.05) is 26.2 Å². The highest BCUT2D eigenvalue weighted by molar-refractivity contribution is 5.83. The fraction of sp³-hybridized carbons (Fsp3) is 0.556. The normalized spacial score (nSPS) is 15.6. The van der Waals surface area contributed by atoms with E-state index in [1.165, 1.54) is 10.5 Å². The Balaban J connectivity index is 1.89. The van der Waals surface area contributed by atoms with Gasteiger partial charge in [0.05, 0.1) is 0 Å². The van der Waals surface area contributed by atoms with Crippen LogP contribution in [0.4, 0.5) is 4.79 Å². The zero-order chi connectivity index (χ0) is 17.7. The Hall–Kier alpha value is -2.08. The minimum atomic E-state index is -0.553. The summed E-state index contributed by atoms with van der Waals surface area (Å²) >= 11 is 0. The van der Waals surface area contributed by atoms with E-state index >= 15 is 0 Å². The number of piperazine rings is 1. The maximum atomic E-state index is 12.3. The average Bonchev–Trinajstić information content (AvgIpc) is 2.49. The van der Waals surface area contributed by atoms with Gasteiger partial charge in [0.15, 0.2) is 0 Å². The molecule has 1 heterocycles. The molecule has 0 unspecified atom stereocenters. The van der Waals surface area contributed by atoms with Gasteiger partial charge in [-0.3, -0.25) is 9.69 Å². The van der Waals surface area contributed by atoms with E-state index in [1.54, 1.807) is 4.90 Å². The zero-order valence-corrected chi connectivity index (χ0v) is 14.7. The molecule has 0 spiro atoms. The molecule has 1 fully saturated rings. The lowest BCUT2D eigenvalue weighted by Crippen LogP contribution is -2.52. The van der Waals surface area contributed by atoms with E-state index in [-0.39, 0.29) is 12.5 Å². The summed E-state index contributed by atoms with van der Waals surface area (Å²) in [6, 6.07) is 8.14. The van der Waals surface area contributed by atoms with Crippen LogP contribution in [0.5, 0.6) is 0 Å². The number of amides is 2. The number of ether oxygens (including phenoxy) is 1. The number of nitrogens with zero attached hydrogens (tertiary/aromatic N) is 2. The molecule has 0 aromatic heterocycles. The van der Waals surface area contributed by atoms with Gasteiger partial charge in [-0.05, 0) is 44.9 Å². The first kappa shape index (κ1) is 18.3. The summed E-state index contributed by atoms with van der Waals surface area (Å²) in [4.78, 5) is 27.6. The Morgan fingerprint density at radius 1 is 1.17 bits per heavy atom. The third kappa shape index (κ3) is 5.23. The molecule has 6 nitrogen and oxygen atoms in total. The number of carbonyl (C=O) groups is 2. The summed E-state index contributed by atoms with van der Waals surface area (Å²) in [5, 5.41) is 0. The van der Waals surface area contributed by atoms with E-state index in [2.05, 4.69) is 0 Å². The van der Waals surface area contributed by atoms with E-state index in [1.807, 2.05) is 45.0 Å². The molecule has 2 N–H and O–H groups in total. The van der Waals surface area contributed by atoms with Gasteiger partial charge in [0.1, 0.15) is 12.1 Å². The van der Waals surface area contributed by atoms with E-state index in [4.69, 9.17) is 10.5 Å². The summed E-state index contributed by atoms with van der Waals surface area (Å²) < 4.78 is 5.32. The Kier molecular flexibility index (Phi) is 5.83. The van der Waals surface area contributed by atoms with Crippen LogP contribution in [0.15, 0.2) is 24.3 Å². The second-order valence-electron chi connectivity index (χ2n) is 7.07. The first-order chi connectivity index (χ1) is 11.3. The largest absolute Gasteiger partial charge is 0.444 e. The van der Waals surface area contributed by atoms with Crippen molar-refractivity contribution in [3.05, 3.63) is 35.4 Å². The Morgan fingerprint density at radius 3 is 2.33 bits per heavy atom. The Labute approximate surface area is 143 Å². The van der Waals surface area contributed by atoms with Gasteiger partial charge in [0.2, 0.25) is 5.91 Å². The van der Waals surface area contributed by atoms with Crippen molar-refractivity contribution >= 4 is 12.0 Å². The smallest absolute Gasteiger partial charge is 0.410 e. The van der Waals surface area contributed by atoms with Gasteiger partial charge in [0, 0.05) is 19.6 Å². The highest BCUT2D eigenvalue weighted by Gasteiger charge is 2.30. The van der Waals surface area contributed by atoms with Crippen LogP contribution in [0.25, 0.3) is 0 Å². The third-order valence-corrected chi connectivity index (χ3v) is 3.80. The van der Waals surface area contributed by atoms with Gasteiger partial charge in [0.25, 0.3) is 0 Å². The predicted octanol–water partition coefficient (Wildman–Crippen LogP) is 1.77. The zero-order valence-electron chi connectivity index (χ0n) is 14.7. The fourth-order valence-corrected chi connectivity index (χ4v) is 2.56. The van der Waals surface area contributed by atoms with E-state index in [0.29, 0.717) is 26.2 Å². The minimum Gasteiger partial charge on any atom is -0.444 e. The van der Waals surface area contributed by atoms with Crippen molar-refractivity contribution in [2.45, 2.75) is 39.3 Å². The third-order valence-electron chi connectivity index (χ3n) is 3.80. The van der Waals surface area contributed by atoms with Crippen molar-refractivity contribution in [3.63, 3.8) is 0 Å². The molecule has 1 saturated heterocycles. The van der Waals surface area contributed by atoms with Crippen LogP contribution in [0.1, 0.15) is 31.9 Å². The molecular formula is C18H27N3O3. The van der Waals surface area contributed by atoms with Crippen LogP contribution >= 0.6 is 0 Å². The average molecular weight is 333 g/mol. The topological polar surface area (TPSA) is 75.9 Å². The lowest BCUT2D eigenvalue weighted by Gasteiger charge is -2.35. The van der Waals surface area contributed by atoms with Gasteiger partial charge in [-0.1, -0.05) is 24.3 Å². The lowest BCUT2D eigenvalue weighted by molar-refractivity contribution is -0.136. The second kappa shape index (κ2) is 7.66. The summed E-state index contributed by atoms with van der Waals surface area (Å²) in [7, 11) is 0. The maximum Gasteiger partial charge on any atom is 0.410 e. The van der Waals surface area contributed by atoms with Gasteiger partial charge in [-0.15, -0.1) is 0 Å².